The van der Waals surface area contributed by atoms with E-state index in [1.807, 2.05) is 44.2 Å². The number of nitrogen functional groups attached to an aromatic ring is 1. The minimum absolute atomic E-state index is 0.00246. The van der Waals surface area contributed by atoms with Crippen molar-refractivity contribution in [1.82, 2.24) is 9.62 Å². The van der Waals surface area contributed by atoms with E-state index in [9.17, 15) is 18.3 Å². The minimum atomic E-state index is -3.93. The Morgan fingerprint density at radius 1 is 1.07 bits per heavy atom. The number of nitrogens with two attached hydrogens (primary N) is 1. The van der Waals surface area contributed by atoms with Crippen LogP contribution in [-0.4, -0.2) is 74.8 Å². The summed E-state index contributed by atoms with van der Waals surface area (Å²) in [6.45, 7) is 4.79. The lowest BCUT2D eigenvalue weighted by molar-refractivity contribution is -0.169. The molecule has 0 aromatic heterocycles. The second-order valence-corrected chi connectivity index (χ2v) is 13.5. The Balaban J connectivity index is 1.33. The molecule has 2 bridgehead atoms. The van der Waals surface area contributed by atoms with Gasteiger partial charge in [-0.2, -0.15) is 4.31 Å². The summed E-state index contributed by atoms with van der Waals surface area (Å²) >= 11 is 0. The van der Waals surface area contributed by atoms with Crippen molar-refractivity contribution in [2.75, 3.05) is 32.0 Å². The fourth-order valence-electron chi connectivity index (χ4n) is 6.11. The smallest absolute Gasteiger partial charge is 0.407 e. The molecule has 7 atom stereocenters. The molecular formula is C29H39N3O7S. The predicted octanol–water partition coefficient (Wildman–Crippen LogP) is 2.62. The van der Waals surface area contributed by atoms with Crippen LogP contribution in [0.25, 0.3) is 0 Å². The van der Waals surface area contributed by atoms with E-state index in [0.717, 1.165) is 12.0 Å². The van der Waals surface area contributed by atoms with Gasteiger partial charge in [-0.3, -0.25) is 0 Å². The molecule has 11 heteroatoms. The first-order chi connectivity index (χ1) is 19.1. The number of hydrogen-bond acceptors (Lipinski definition) is 8. The molecule has 1 saturated carbocycles. The lowest BCUT2D eigenvalue weighted by atomic mass is 9.98. The van der Waals surface area contributed by atoms with Crippen LogP contribution in [0.4, 0.5) is 10.5 Å². The van der Waals surface area contributed by atoms with Crippen molar-refractivity contribution >= 4 is 21.8 Å². The number of alkyl carbamates (subject to hydrolysis) is 1. The Labute approximate surface area is 235 Å². The second-order valence-electron chi connectivity index (χ2n) is 11.5. The maximum absolute atomic E-state index is 13.6. The number of ether oxygens (including phenoxy) is 3. The first-order valence-corrected chi connectivity index (χ1v) is 15.3. The van der Waals surface area contributed by atoms with Crippen LogP contribution in [-0.2, 0) is 30.7 Å². The van der Waals surface area contributed by atoms with Gasteiger partial charge in [-0.15, -0.1) is 0 Å². The quantitative estimate of drug-likeness (QED) is 0.349. The van der Waals surface area contributed by atoms with E-state index < -0.39 is 28.3 Å². The third-order valence-electron chi connectivity index (χ3n) is 8.08. The second kappa shape index (κ2) is 12.0. The van der Waals surface area contributed by atoms with E-state index in [-0.39, 0.29) is 54.1 Å². The van der Waals surface area contributed by atoms with Crippen LogP contribution in [0.3, 0.4) is 0 Å². The summed E-state index contributed by atoms with van der Waals surface area (Å²) in [5, 5.41) is 14.3. The van der Waals surface area contributed by atoms with Gasteiger partial charge in [0.25, 0.3) is 0 Å². The number of amides is 1. The molecule has 2 aromatic carbocycles. The van der Waals surface area contributed by atoms with Crippen molar-refractivity contribution in [3.05, 3.63) is 60.2 Å². The van der Waals surface area contributed by atoms with Crippen molar-refractivity contribution in [2.24, 2.45) is 23.7 Å². The van der Waals surface area contributed by atoms with Crippen LogP contribution in [0, 0.1) is 23.7 Å². The highest BCUT2D eigenvalue weighted by atomic mass is 32.2. The molecule has 2 saturated heterocycles. The zero-order valence-corrected chi connectivity index (χ0v) is 23.7. The largest absolute Gasteiger partial charge is 0.445 e. The van der Waals surface area contributed by atoms with Crippen LogP contribution in [0.2, 0.25) is 0 Å². The molecule has 2 heterocycles. The molecule has 4 N–H and O–H groups in total. The normalized spacial score (nSPS) is 27.1. The SMILES string of the molecule is CC(C)CN(C[C@@H](O)[C@H](Cc1ccccc1)NC(=O)O[C@H]1C2CO[C@H]3OCC1C3C2)S(=O)(=O)c1ccc(N)cc1. The summed E-state index contributed by atoms with van der Waals surface area (Å²) in [5.74, 6) is 0.436. The Morgan fingerprint density at radius 2 is 1.77 bits per heavy atom. The van der Waals surface area contributed by atoms with Crippen LogP contribution < -0.4 is 11.1 Å². The van der Waals surface area contributed by atoms with Gasteiger partial charge in [0.1, 0.15) is 6.10 Å². The number of sulfonamides is 1. The topological polar surface area (TPSA) is 140 Å². The lowest BCUT2D eigenvalue weighted by Gasteiger charge is -2.31. The summed E-state index contributed by atoms with van der Waals surface area (Å²) in [6, 6.07) is 14.6. The number of aliphatic hydroxyl groups excluding tert-OH is 1. The molecular weight excluding hydrogens is 534 g/mol. The van der Waals surface area contributed by atoms with Gasteiger partial charge >= 0.3 is 6.09 Å². The number of nitrogens with zero attached hydrogens (tertiary/aromatic N) is 1. The minimum Gasteiger partial charge on any atom is -0.445 e. The third kappa shape index (κ3) is 6.28. The van der Waals surface area contributed by atoms with E-state index in [1.54, 1.807) is 0 Å². The fourth-order valence-corrected chi connectivity index (χ4v) is 7.73. The molecule has 1 amide bonds. The van der Waals surface area contributed by atoms with Gasteiger partial charge in [0.05, 0.1) is 30.3 Å². The maximum Gasteiger partial charge on any atom is 0.407 e. The number of carbonyl (C=O) groups excluding carboxylic acids is 1. The highest BCUT2D eigenvalue weighted by Gasteiger charge is 2.56. The Hall–Kier alpha value is -2.70. The van der Waals surface area contributed by atoms with Crippen molar-refractivity contribution in [3.8, 4) is 0 Å². The monoisotopic (exact) mass is 573 g/mol. The predicted molar refractivity (Wildman–Crippen MR) is 149 cm³/mol. The Morgan fingerprint density at radius 3 is 2.48 bits per heavy atom. The number of fused-ring (bicyclic) bond motifs is 1. The molecule has 0 radical (unpaired) electrons. The van der Waals surface area contributed by atoms with E-state index in [0.29, 0.717) is 25.3 Å². The first kappa shape index (κ1) is 28.8. The van der Waals surface area contributed by atoms with Crippen LogP contribution in [0.15, 0.2) is 59.5 Å². The number of hydrogen-bond donors (Lipinski definition) is 3. The molecule has 40 heavy (non-hydrogen) atoms. The summed E-state index contributed by atoms with van der Waals surface area (Å²) in [4.78, 5) is 13.3. The molecule has 2 aromatic rings. The van der Waals surface area contributed by atoms with Gasteiger partial charge in [0.2, 0.25) is 10.0 Å². The third-order valence-corrected chi connectivity index (χ3v) is 9.92. The van der Waals surface area contributed by atoms with Gasteiger partial charge in [-0.05, 0) is 48.6 Å². The standard InChI is InChI=1S/C29H39N3O7S/c1-18(2)14-32(40(35,36)22-10-8-21(30)9-11-22)15-26(33)25(12-19-6-4-3-5-7-19)31-29(34)39-27-20-13-23-24(27)17-38-28(23)37-16-20/h3-11,18,20,23-28,33H,12-17,30H2,1-2H3,(H,31,34)/t20?,23?,24?,25-,26+,27-,28-/m0/s1. The Kier molecular flexibility index (Phi) is 8.67. The van der Waals surface area contributed by atoms with Crippen molar-refractivity contribution in [1.29, 1.82) is 0 Å². The molecule has 3 aliphatic rings. The molecule has 5 rings (SSSR count). The Bertz CT molecular complexity index is 1260. The summed E-state index contributed by atoms with van der Waals surface area (Å²) in [7, 11) is -3.93. The number of aliphatic hydroxyl groups is 1. The zero-order valence-electron chi connectivity index (χ0n) is 22.9. The molecule has 3 fully saturated rings. The maximum atomic E-state index is 13.6. The number of nitrogens with one attached hydrogen (secondary N) is 1. The molecule has 1 aliphatic carbocycles. The summed E-state index contributed by atoms with van der Waals surface area (Å²) in [5.41, 5.74) is 7.10. The number of benzene rings is 2. The highest BCUT2D eigenvalue weighted by Crippen LogP contribution is 2.49. The number of rotatable bonds is 11. The van der Waals surface area contributed by atoms with Gasteiger partial charge in [-0.25, -0.2) is 13.2 Å². The molecule has 218 valence electrons. The van der Waals surface area contributed by atoms with E-state index in [1.165, 1.54) is 28.6 Å². The number of anilines is 1. The van der Waals surface area contributed by atoms with Crippen LogP contribution in [0.1, 0.15) is 25.8 Å². The van der Waals surface area contributed by atoms with E-state index in [2.05, 4.69) is 5.32 Å². The van der Waals surface area contributed by atoms with Crippen LogP contribution >= 0.6 is 0 Å². The van der Waals surface area contributed by atoms with Gasteiger partial charge in [0.15, 0.2) is 6.29 Å². The van der Waals surface area contributed by atoms with Gasteiger partial charge < -0.3 is 30.4 Å². The zero-order chi connectivity index (χ0) is 28.4. The van der Waals surface area contributed by atoms with Crippen molar-refractivity contribution in [3.63, 3.8) is 0 Å². The van der Waals surface area contributed by atoms with Crippen molar-refractivity contribution in [2.45, 2.75) is 56.1 Å². The average molecular weight is 574 g/mol. The number of carbonyl (C=O) groups is 1. The van der Waals surface area contributed by atoms with E-state index in [4.69, 9.17) is 19.9 Å². The van der Waals surface area contributed by atoms with Gasteiger partial charge in [0, 0.05) is 36.5 Å². The highest BCUT2D eigenvalue weighted by molar-refractivity contribution is 7.89. The lowest BCUT2D eigenvalue weighted by Crippen LogP contribution is -2.52. The summed E-state index contributed by atoms with van der Waals surface area (Å²) in [6.07, 6.45) is -1.20. The molecule has 0 spiro atoms. The average Bonchev–Trinajstić information content (AvgIpc) is 3.45. The fraction of sp³-hybridized carbons (Fsp3) is 0.552. The summed E-state index contributed by atoms with van der Waals surface area (Å²) < 4.78 is 45.8. The molecule has 10 nitrogen and oxygen atoms in total. The van der Waals surface area contributed by atoms with Crippen LogP contribution in [0.5, 0.6) is 0 Å². The molecule has 2 aliphatic heterocycles. The van der Waals surface area contributed by atoms with E-state index >= 15 is 0 Å². The first-order valence-electron chi connectivity index (χ1n) is 13.9. The van der Waals surface area contributed by atoms with Crippen molar-refractivity contribution < 1.29 is 32.5 Å². The molecule has 3 unspecified atom stereocenters. The van der Waals surface area contributed by atoms with Gasteiger partial charge in [-0.1, -0.05) is 44.2 Å².